The molecular formula is C30H47N5O5. The van der Waals surface area contributed by atoms with Crippen LogP contribution in [0.25, 0.3) is 0 Å². The Bertz CT molecular complexity index is 1050. The van der Waals surface area contributed by atoms with Crippen LogP contribution in [-0.4, -0.2) is 91.1 Å². The second-order valence-corrected chi connectivity index (χ2v) is 11.8. The quantitative estimate of drug-likeness (QED) is 0.456. The van der Waals surface area contributed by atoms with Crippen molar-refractivity contribution in [2.24, 2.45) is 11.8 Å². The molecule has 1 unspecified atom stereocenters. The highest BCUT2D eigenvalue weighted by molar-refractivity contribution is 5.99. The van der Waals surface area contributed by atoms with Crippen molar-refractivity contribution in [2.45, 2.75) is 78.9 Å². The van der Waals surface area contributed by atoms with Crippen molar-refractivity contribution in [2.75, 3.05) is 38.6 Å². The van der Waals surface area contributed by atoms with Gasteiger partial charge in [0.05, 0.1) is 12.6 Å². The Balaban J connectivity index is 2.18. The van der Waals surface area contributed by atoms with Crippen LogP contribution in [-0.2, 0) is 19.2 Å². The van der Waals surface area contributed by atoms with Crippen LogP contribution < -0.4 is 15.5 Å². The molecule has 222 valence electrons. The Hall–Kier alpha value is -3.43. The summed E-state index contributed by atoms with van der Waals surface area (Å²) < 4.78 is 0. The number of nitrogens with zero attached hydrogens (tertiary/aromatic N) is 3. The molecule has 1 fully saturated rings. The molecule has 0 radical (unpaired) electrons. The van der Waals surface area contributed by atoms with Gasteiger partial charge in [0.1, 0.15) is 12.1 Å². The zero-order chi connectivity index (χ0) is 30.1. The van der Waals surface area contributed by atoms with E-state index < -0.39 is 18.1 Å². The number of benzene rings is 1. The first-order valence-corrected chi connectivity index (χ1v) is 14.2. The number of hydrogen-bond acceptors (Lipinski definition) is 6. The lowest BCUT2D eigenvalue weighted by Crippen LogP contribution is -2.58. The number of carbonyl (C=O) groups excluding carboxylic acids is 5. The van der Waals surface area contributed by atoms with E-state index in [1.807, 2.05) is 58.8 Å². The van der Waals surface area contributed by atoms with Crippen LogP contribution in [0.3, 0.4) is 0 Å². The molecule has 1 aromatic rings. The minimum Gasteiger partial charge on any atom is -0.378 e. The number of nitrogens with one attached hydrogen (secondary N) is 2. The molecule has 0 spiro atoms. The minimum absolute atomic E-state index is 0.130. The van der Waals surface area contributed by atoms with Gasteiger partial charge in [-0.3, -0.25) is 24.0 Å². The first-order chi connectivity index (χ1) is 18.7. The molecule has 1 aliphatic heterocycles. The van der Waals surface area contributed by atoms with Crippen molar-refractivity contribution in [3.8, 4) is 0 Å². The third-order valence-corrected chi connectivity index (χ3v) is 7.04. The van der Waals surface area contributed by atoms with Gasteiger partial charge >= 0.3 is 0 Å². The van der Waals surface area contributed by atoms with Crippen LogP contribution in [0.1, 0.15) is 71.2 Å². The van der Waals surface area contributed by atoms with Crippen molar-refractivity contribution in [3.05, 3.63) is 29.8 Å². The third-order valence-electron chi connectivity index (χ3n) is 7.04. The zero-order valence-corrected chi connectivity index (χ0v) is 25.3. The maximum atomic E-state index is 13.8. The number of hydrogen-bond donors (Lipinski definition) is 2. The van der Waals surface area contributed by atoms with E-state index >= 15 is 0 Å². The van der Waals surface area contributed by atoms with Crippen molar-refractivity contribution in [1.82, 2.24) is 20.4 Å². The summed E-state index contributed by atoms with van der Waals surface area (Å²) in [4.78, 5) is 70.0. The predicted molar refractivity (Wildman–Crippen MR) is 156 cm³/mol. The maximum absolute atomic E-state index is 13.8. The molecular weight excluding hydrogens is 510 g/mol. The van der Waals surface area contributed by atoms with E-state index in [4.69, 9.17) is 0 Å². The van der Waals surface area contributed by atoms with E-state index in [2.05, 4.69) is 10.6 Å². The predicted octanol–water partition coefficient (Wildman–Crippen LogP) is 2.47. The van der Waals surface area contributed by atoms with Gasteiger partial charge in [-0.05, 0) is 62.3 Å². The summed E-state index contributed by atoms with van der Waals surface area (Å²) in [7, 11) is 3.83. The van der Waals surface area contributed by atoms with Crippen LogP contribution in [0.2, 0.25) is 0 Å². The molecule has 0 bridgehead atoms. The second kappa shape index (κ2) is 14.8. The van der Waals surface area contributed by atoms with Gasteiger partial charge in [0.2, 0.25) is 17.7 Å². The lowest BCUT2D eigenvalue weighted by atomic mass is 9.99. The molecule has 1 aromatic carbocycles. The molecule has 1 saturated heterocycles. The Labute approximate surface area is 238 Å². The first-order valence-electron chi connectivity index (χ1n) is 14.2. The third kappa shape index (κ3) is 9.34. The largest absolute Gasteiger partial charge is 0.378 e. The summed E-state index contributed by atoms with van der Waals surface area (Å²) >= 11 is 0. The molecule has 2 rings (SSSR count). The first kappa shape index (κ1) is 32.8. The number of anilines is 1. The van der Waals surface area contributed by atoms with Crippen LogP contribution in [0, 0.1) is 11.8 Å². The summed E-state index contributed by atoms with van der Waals surface area (Å²) in [5, 5.41) is 5.62. The summed E-state index contributed by atoms with van der Waals surface area (Å²) in [5.74, 6) is -1.18. The fourth-order valence-corrected chi connectivity index (χ4v) is 4.89. The molecule has 10 heteroatoms. The number of amides is 4. The van der Waals surface area contributed by atoms with E-state index in [1.54, 1.807) is 19.1 Å². The van der Waals surface area contributed by atoms with Crippen molar-refractivity contribution in [3.63, 3.8) is 0 Å². The number of carbonyl (C=O) groups is 5. The Morgan fingerprint density at radius 1 is 0.900 bits per heavy atom. The van der Waals surface area contributed by atoms with Gasteiger partial charge in [0.15, 0.2) is 5.78 Å². The lowest BCUT2D eigenvalue weighted by Gasteiger charge is -2.37. The highest BCUT2D eigenvalue weighted by Crippen LogP contribution is 2.18. The van der Waals surface area contributed by atoms with Crippen LogP contribution in [0.15, 0.2) is 24.3 Å². The molecule has 0 aliphatic carbocycles. The lowest BCUT2D eigenvalue weighted by molar-refractivity contribution is -0.146. The summed E-state index contributed by atoms with van der Waals surface area (Å²) in [5.41, 5.74) is 1.41. The minimum atomic E-state index is -0.788. The normalized spacial score (nSPS) is 17.6. The molecule has 4 amide bonds. The zero-order valence-electron chi connectivity index (χ0n) is 25.3. The number of rotatable bonds is 10. The summed E-state index contributed by atoms with van der Waals surface area (Å²) in [6.45, 7) is 11.4. The number of ketones is 1. The van der Waals surface area contributed by atoms with Crippen LogP contribution >= 0.6 is 0 Å². The molecule has 0 aromatic heterocycles. The summed E-state index contributed by atoms with van der Waals surface area (Å²) in [6.07, 6.45) is 1.37. The fourth-order valence-electron chi connectivity index (χ4n) is 4.89. The van der Waals surface area contributed by atoms with E-state index in [9.17, 15) is 24.0 Å². The Kier molecular flexibility index (Phi) is 12.1. The van der Waals surface area contributed by atoms with Gasteiger partial charge in [-0.1, -0.05) is 27.7 Å². The highest BCUT2D eigenvalue weighted by atomic mass is 16.2. The average Bonchev–Trinajstić information content (AvgIpc) is 2.86. The molecule has 10 nitrogen and oxygen atoms in total. The Morgan fingerprint density at radius 2 is 1.45 bits per heavy atom. The van der Waals surface area contributed by atoms with Gasteiger partial charge in [-0.15, -0.1) is 0 Å². The standard InChI is InChI=1S/C30H47N5O5/c1-19(2)16-25(31-22(6)36)29(39)34-14-9-15-35(21(5)27(37)18-34)30(40)26(17-20(3)4)32-28(38)23-10-12-24(13-11-23)33(7)8/h10-13,19-21,25-26H,9,14-18H2,1-8H3,(H,31,36)(H,32,38)/t21?,25-,26+/m1/s1. The van der Waals surface area contributed by atoms with Gasteiger partial charge in [-0.25, -0.2) is 0 Å². The van der Waals surface area contributed by atoms with Gasteiger partial charge in [0.25, 0.3) is 5.91 Å². The van der Waals surface area contributed by atoms with Crippen molar-refractivity contribution in [1.29, 1.82) is 0 Å². The monoisotopic (exact) mass is 557 g/mol. The highest BCUT2D eigenvalue weighted by Gasteiger charge is 2.36. The molecule has 3 atom stereocenters. The van der Waals surface area contributed by atoms with E-state index in [0.717, 1.165) is 5.69 Å². The fraction of sp³-hybridized carbons (Fsp3) is 0.633. The number of Topliss-reactive ketones (excluding diaryl/α,β-unsaturated/α-hetero) is 1. The van der Waals surface area contributed by atoms with Gasteiger partial charge in [-0.2, -0.15) is 0 Å². The average molecular weight is 558 g/mol. The molecule has 1 aliphatic rings. The topological polar surface area (TPSA) is 119 Å². The van der Waals surface area contributed by atoms with Gasteiger partial charge < -0.3 is 25.3 Å². The van der Waals surface area contributed by atoms with Gasteiger partial charge in [0, 0.05) is 45.4 Å². The molecule has 0 saturated carbocycles. The smallest absolute Gasteiger partial charge is 0.251 e. The van der Waals surface area contributed by atoms with E-state index in [1.165, 1.54) is 16.7 Å². The molecule has 2 N–H and O–H groups in total. The van der Waals surface area contributed by atoms with Crippen molar-refractivity contribution >= 4 is 35.1 Å². The summed E-state index contributed by atoms with van der Waals surface area (Å²) in [6, 6.07) is 4.89. The van der Waals surface area contributed by atoms with E-state index in [0.29, 0.717) is 24.8 Å². The molecule has 40 heavy (non-hydrogen) atoms. The SMILES string of the molecule is CC(=O)N[C@H](CC(C)C)C(=O)N1CCCN(C(=O)[C@H](CC(C)C)NC(=O)c2ccc(N(C)C)cc2)C(C)C(=O)C1. The molecule has 1 heterocycles. The van der Waals surface area contributed by atoms with E-state index in [-0.39, 0.29) is 60.9 Å². The van der Waals surface area contributed by atoms with Crippen LogP contribution in [0.4, 0.5) is 5.69 Å². The van der Waals surface area contributed by atoms with Crippen LogP contribution in [0.5, 0.6) is 0 Å². The Morgan fingerprint density at radius 3 is 1.95 bits per heavy atom. The maximum Gasteiger partial charge on any atom is 0.251 e. The second-order valence-electron chi connectivity index (χ2n) is 11.8. The van der Waals surface area contributed by atoms with Crippen molar-refractivity contribution < 1.29 is 24.0 Å².